The minimum atomic E-state index is -0.899. The fourth-order valence-corrected chi connectivity index (χ4v) is 18.7. The van der Waals surface area contributed by atoms with Gasteiger partial charge < -0.3 is 21.3 Å². The van der Waals surface area contributed by atoms with E-state index >= 15 is 0 Å². The number of rotatable bonds is 19. The van der Waals surface area contributed by atoms with E-state index in [-0.39, 0.29) is 36.5 Å². The lowest BCUT2D eigenvalue weighted by Gasteiger charge is -2.20. The monoisotopic (exact) mass is 1450 g/mol. The predicted molar refractivity (Wildman–Crippen MR) is 437 cm³/mol. The van der Waals surface area contributed by atoms with Gasteiger partial charge in [0.1, 0.15) is 43.5 Å². The minimum Gasteiger partial charge on any atom is -0.340 e. The van der Waals surface area contributed by atoms with Crippen LogP contribution in [0.4, 0.5) is 11.4 Å². The second kappa shape index (κ2) is 27.6. The largest absolute Gasteiger partial charge is 0.340 e. The maximum atomic E-state index is 14.6. The lowest BCUT2D eigenvalue weighted by atomic mass is 9.91. The second-order valence-corrected chi connectivity index (χ2v) is 30.9. The van der Waals surface area contributed by atoms with Gasteiger partial charge in [-0.3, -0.25) is 19.2 Å². The maximum absolute atomic E-state index is 14.6. The average Bonchev–Trinajstić information content (AvgIpc) is 1.07. The van der Waals surface area contributed by atoms with Gasteiger partial charge in [-0.15, -0.1) is 45.3 Å². The summed E-state index contributed by atoms with van der Waals surface area (Å²) in [6.45, 7) is 4.17. The summed E-state index contributed by atoms with van der Waals surface area (Å²) in [4.78, 5) is 83.7. The summed E-state index contributed by atoms with van der Waals surface area (Å²) in [6.07, 6.45) is 0.562. The number of aryl methyl sites for hydroxylation is 2. The standard InChI is InChI=1S/C90H62N8O4S4/c1-51-77(95-87(103-51)63-33-41-65(42-34-63)91-85(101)71(49-53-17-7-3-8-18-53)93-83(99)69-47-39-59-31-29-55-25-15-27-57-37-45-67(69)75(59)73(55)57)81-79(97-89(105-81)61-21-11-5-12-22-61)80-82(106-90(98-80)62-23-13-6-14-24-62)78-52(2)104-88(96-78)64-35-43-66(44-36-64)92-86(102)72(50-54-19-9-4-10-20-54)94-84(100)70-48-40-60-32-30-56-26-16-28-58-38-46-68(70)76(60)74(56)58/h3-48,71-72H,49-50H2,1-2H3,(H,91,101)(H,92,102)(H,93,99)(H,94,100)/t71-,72-/m1/s1. The zero-order valence-corrected chi connectivity index (χ0v) is 60.4. The summed E-state index contributed by atoms with van der Waals surface area (Å²) in [6, 6.07) is 90.1. The summed E-state index contributed by atoms with van der Waals surface area (Å²) in [5, 5.41) is 28.2. The summed E-state index contributed by atoms with van der Waals surface area (Å²) in [5.41, 5.74) is 10.6. The molecule has 0 aliphatic rings. The normalized spacial score (nSPS) is 12.2. The van der Waals surface area contributed by atoms with E-state index in [9.17, 15) is 19.2 Å². The fourth-order valence-electron chi connectivity index (χ4n) is 14.5. The first kappa shape index (κ1) is 65.6. The first-order valence-electron chi connectivity index (χ1n) is 34.9. The topological polar surface area (TPSA) is 168 Å². The Morgan fingerprint density at radius 3 is 1.00 bits per heavy atom. The van der Waals surface area contributed by atoms with E-state index in [1.54, 1.807) is 45.3 Å². The number of amides is 4. The van der Waals surface area contributed by atoms with Gasteiger partial charge in [0.15, 0.2) is 0 Å². The van der Waals surface area contributed by atoms with Crippen molar-refractivity contribution in [3.05, 3.63) is 311 Å². The van der Waals surface area contributed by atoms with Crippen molar-refractivity contribution in [1.82, 2.24) is 30.6 Å². The predicted octanol–water partition coefficient (Wildman–Crippen LogP) is 21.6. The zero-order chi connectivity index (χ0) is 71.5. The number of carbonyl (C=O) groups is 4. The molecule has 0 radical (unpaired) electrons. The third kappa shape index (κ3) is 12.5. The molecule has 0 unspecified atom stereocenters. The SMILES string of the molecule is Cc1sc(-c2ccc(NC(=O)[C@@H](Cc3ccccc3)NC(=O)c3ccc4ccc5cccc6ccc3c4c56)cc2)nc1-c1sc(-c2ccccc2)nc1-c1nc(-c2ccccc2)sc1-c1nc(-c2ccc(NC(=O)[C@@H](Cc3ccccc3)NC(=O)c3ccc4ccc5cccc6ccc3c4c56)cc2)sc1C. The molecule has 4 aromatic heterocycles. The number of thiazole rings is 4. The molecule has 18 aromatic rings. The van der Waals surface area contributed by atoms with Crippen molar-refractivity contribution in [3.63, 3.8) is 0 Å². The number of nitrogens with one attached hydrogen (secondary N) is 4. The third-order valence-corrected chi connectivity index (χ3v) is 24.0. The molecular weight excluding hydrogens is 1390 g/mol. The quantitative estimate of drug-likeness (QED) is 0.0580. The summed E-state index contributed by atoms with van der Waals surface area (Å²) < 4.78 is 0. The van der Waals surface area contributed by atoms with Gasteiger partial charge in [-0.2, -0.15) is 0 Å². The fraction of sp³-hybridized carbons (Fsp3) is 0.0667. The molecule has 2 atom stereocenters. The number of nitrogens with zero attached hydrogens (tertiary/aromatic N) is 4. The highest BCUT2D eigenvalue weighted by Crippen LogP contribution is 2.50. The molecular formula is C90H62N8O4S4. The summed E-state index contributed by atoms with van der Waals surface area (Å²) in [5.74, 6) is -1.34. The maximum Gasteiger partial charge on any atom is 0.252 e. The Balaban J connectivity index is 0.623. The number of hydrogen-bond donors (Lipinski definition) is 4. The molecule has 0 saturated heterocycles. The first-order valence-corrected chi connectivity index (χ1v) is 38.2. The Labute approximate surface area is 625 Å². The molecule has 16 heteroatoms. The molecule has 0 bridgehead atoms. The van der Waals surface area contributed by atoms with E-state index < -0.39 is 12.1 Å². The van der Waals surface area contributed by atoms with Crippen LogP contribution in [0.25, 0.3) is 139 Å². The summed E-state index contributed by atoms with van der Waals surface area (Å²) >= 11 is 6.32. The average molecular weight is 1450 g/mol. The van der Waals surface area contributed by atoms with Gasteiger partial charge in [-0.05, 0) is 150 Å². The van der Waals surface area contributed by atoms with Gasteiger partial charge in [0.2, 0.25) is 11.8 Å². The second-order valence-electron chi connectivity index (χ2n) is 26.5. The van der Waals surface area contributed by atoms with Crippen molar-refractivity contribution in [2.45, 2.75) is 38.8 Å². The summed E-state index contributed by atoms with van der Waals surface area (Å²) in [7, 11) is 0. The lowest BCUT2D eigenvalue weighted by Crippen LogP contribution is -2.45. The van der Waals surface area contributed by atoms with Crippen LogP contribution in [0.15, 0.2) is 279 Å². The Morgan fingerprint density at radius 1 is 0.311 bits per heavy atom. The zero-order valence-electron chi connectivity index (χ0n) is 57.2. The molecule has 510 valence electrons. The van der Waals surface area contributed by atoms with E-state index in [1.807, 2.05) is 194 Å². The van der Waals surface area contributed by atoms with Crippen LogP contribution < -0.4 is 21.3 Å². The molecule has 0 aliphatic heterocycles. The number of hydrogen-bond acceptors (Lipinski definition) is 12. The van der Waals surface area contributed by atoms with Crippen molar-refractivity contribution in [2.24, 2.45) is 0 Å². The molecule has 18 rings (SSSR count). The van der Waals surface area contributed by atoms with Crippen LogP contribution in [0.1, 0.15) is 41.6 Å². The highest BCUT2D eigenvalue weighted by Gasteiger charge is 2.31. The molecule has 0 aliphatic carbocycles. The van der Waals surface area contributed by atoms with Crippen molar-refractivity contribution >= 4 is 145 Å². The minimum absolute atomic E-state index is 0.281. The van der Waals surface area contributed by atoms with E-state index in [0.717, 1.165) is 149 Å². The molecule has 4 amide bonds. The van der Waals surface area contributed by atoms with Gasteiger partial charge in [0, 0.05) is 67.4 Å². The molecule has 0 saturated carbocycles. The molecule has 0 spiro atoms. The Morgan fingerprint density at radius 2 is 0.623 bits per heavy atom. The molecule has 12 nitrogen and oxygen atoms in total. The van der Waals surface area contributed by atoms with Gasteiger partial charge in [0.05, 0.1) is 21.1 Å². The van der Waals surface area contributed by atoms with Crippen LogP contribution >= 0.6 is 45.3 Å². The van der Waals surface area contributed by atoms with Crippen LogP contribution in [0.3, 0.4) is 0 Å². The molecule has 0 fully saturated rings. The Kier molecular flexibility index (Phi) is 17.1. The highest BCUT2D eigenvalue weighted by molar-refractivity contribution is 7.21. The van der Waals surface area contributed by atoms with E-state index in [2.05, 4.69) is 120 Å². The molecule has 14 aromatic carbocycles. The third-order valence-electron chi connectivity index (χ3n) is 19.7. The Hall–Kier alpha value is -12.4. The number of anilines is 2. The van der Waals surface area contributed by atoms with Crippen LogP contribution in [0.2, 0.25) is 0 Å². The van der Waals surface area contributed by atoms with Gasteiger partial charge in [-0.25, -0.2) is 19.9 Å². The number of carbonyl (C=O) groups excluding carboxylic acids is 4. The molecule has 4 N–H and O–H groups in total. The van der Waals surface area contributed by atoms with E-state index in [1.165, 1.54) is 0 Å². The van der Waals surface area contributed by atoms with Gasteiger partial charge in [0.25, 0.3) is 11.8 Å². The van der Waals surface area contributed by atoms with E-state index in [0.29, 0.717) is 33.9 Å². The first-order chi connectivity index (χ1) is 52.0. The van der Waals surface area contributed by atoms with Crippen LogP contribution in [0, 0.1) is 13.8 Å². The van der Waals surface area contributed by atoms with Crippen molar-refractivity contribution in [3.8, 4) is 74.8 Å². The van der Waals surface area contributed by atoms with Gasteiger partial charge >= 0.3 is 0 Å². The number of aromatic nitrogens is 4. The lowest BCUT2D eigenvalue weighted by molar-refractivity contribution is -0.118. The van der Waals surface area contributed by atoms with E-state index in [4.69, 9.17) is 19.9 Å². The Bertz CT molecular complexity index is 5980. The molecule has 106 heavy (non-hydrogen) atoms. The van der Waals surface area contributed by atoms with Crippen LogP contribution in [-0.2, 0) is 22.4 Å². The number of benzene rings is 14. The van der Waals surface area contributed by atoms with Crippen LogP contribution in [-0.4, -0.2) is 55.6 Å². The molecule has 4 heterocycles. The highest BCUT2D eigenvalue weighted by atomic mass is 32.1. The van der Waals surface area contributed by atoms with Crippen molar-refractivity contribution < 1.29 is 19.2 Å². The smallest absolute Gasteiger partial charge is 0.252 e. The van der Waals surface area contributed by atoms with Gasteiger partial charge in [-0.1, -0.05) is 218 Å². The van der Waals surface area contributed by atoms with Crippen molar-refractivity contribution in [2.75, 3.05) is 10.6 Å². The van der Waals surface area contributed by atoms with Crippen molar-refractivity contribution in [1.29, 1.82) is 0 Å². The van der Waals surface area contributed by atoms with Crippen LogP contribution in [0.5, 0.6) is 0 Å².